The van der Waals surface area contributed by atoms with Gasteiger partial charge >= 0.3 is 0 Å². The van der Waals surface area contributed by atoms with E-state index >= 15 is 0 Å². The van der Waals surface area contributed by atoms with Crippen molar-refractivity contribution >= 4 is 37.6 Å². The molecule has 0 amide bonds. The van der Waals surface area contributed by atoms with E-state index in [9.17, 15) is 8.42 Å². The number of ether oxygens (including phenoxy) is 3. The Balaban J connectivity index is 1.28. The number of aromatic amines is 1. The number of benzene rings is 2. The number of hydrogen-bond donors (Lipinski definition) is 2. The molecular weight excluding hydrogens is 628 g/mol. The van der Waals surface area contributed by atoms with Crippen LogP contribution in [-0.2, 0) is 28.2 Å². The third kappa shape index (κ3) is 5.87. The minimum Gasteiger partial charge on any atom is -0.491 e. The van der Waals surface area contributed by atoms with Gasteiger partial charge in [-0.25, -0.2) is 18.4 Å². The molecule has 248 valence electrons. The Labute approximate surface area is 279 Å². The molecule has 2 aromatic carbocycles. The Morgan fingerprint density at radius 2 is 1.75 bits per heavy atom. The lowest BCUT2D eigenvalue weighted by Crippen LogP contribution is -2.36. The molecule has 1 saturated heterocycles. The highest BCUT2D eigenvalue weighted by Crippen LogP contribution is 2.38. The Bertz CT molecular complexity index is 2190. The summed E-state index contributed by atoms with van der Waals surface area (Å²) in [5.41, 5.74) is 7.40. The molecule has 1 fully saturated rings. The van der Waals surface area contributed by atoms with E-state index in [0.29, 0.717) is 53.5 Å². The SMILES string of the molecule is COc1cc2c(nc1OC)c(-c1cc3c(C(NCc4ccc(N5CCOCC5)cc4)S(=O)(=O)c4ccc(C)cc4)ccnc3[nH]1)cn2C. The van der Waals surface area contributed by atoms with Crippen LogP contribution >= 0.6 is 0 Å². The molecule has 6 aromatic rings. The normalized spacial score (nSPS) is 14.5. The summed E-state index contributed by atoms with van der Waals surface area (Å²) in [7, 11) is 1.19. The zero-order valence-electron chi connectivity index (χ0n) is 27.4. The third-order valence-electron chi connectivity index (χ3n) is 8.91. The maximum atomic E-state index is 14.4. The van der Waals surface area contributed by atoms with Gasteiger partial charge in [-0.15, -0.1) is 0 Å². The second kappa shape index (κ2) is 12.9. The number of aryl methyl sites for hydroxylation is 2. The van der Waals surface area contributed by atoms with Crippen LogP contribution in [0.1, 0.15) is 22.1 Å². The summed E-state index contributed by atoms with van der Waals surface area (Å²) in [6, 6.07) is 20.8. The maximum absolute atomic E-state index is 14.4. The fraction of sp³-hybridized carbons (Fsp3) is 0.278. The minimum absolute atomic E-state index is 0.244. The van der Waals surface area contributed by atoms with Gasteiger partial charge in [0.05, 0.1) is 43.5 Å². The smallest absolute Gasteiger partial charge is 0.257 e. The third-order valence-corrected chi connectivity index (χ3v) is 10.9. The van der Waals surface area contributed by atoms with Gasteiger partial charge in [-0.3, -0.25) is 5.32 Å². The molecule has 1 aliphatic rings. The van der Waals surface area contributed by atoms with Gasteiger partial charge < -0.3 is 28.7 Å². The Kier molecular flexibility index (Phi) is 8.54. The Morgan fingerprint density at radius 1 is 1.00 bits per heavy atom. The zero-order chi connectivity index (χ0) is 33.4. The topological polar surface area (TPSA) is 124 Å². The fourth-order valence-electron chi connectivity index (χ4n) is 6.28. The number of H-pyrrole nitrogens is 1. The van der Waals surface area contributed by atoms with Gasteiger partial charge in [0.2, 0.25) is 0 Å². The number of methoxy groups -OCH3 is 2. The van der Waals surface area contributed by atoms with Gasteiger partial charge in [0.25, 0.3) is 5.88 Å². The van der Waals surface area contributed by atoms with Crippen molar-refractivity contribution in [3.63, 3.8) is 0 Å². The van der Waals surface area contributed by atoms with Crippen molar-refractivity contribution < 1.29 is 22.6 Å². The summed E-state index contributed by atoms with van der Waals surface area (Å²) in [6.07, 6.45) is 3.62. The molecule has 5 heterocycles. The summed E-state index contributed by atoms with van der Waals surface area (Å²) >= 11 is 0. The number of pyridine rings is 2. The van der Waals surface area contributed by atoms with Gasteiger partial charge in [0, 0.05) is 61.8 Å². The van der Waals surface area contributed by atoms with E-state index in [2.05, 4.69) is 32.3 Å². The first-order chi connectivity index (χ1) is 23.3. The van der Waals surface area contributed by atoms with Crippen molar-refractivity contribution in [2.45, 2.75) is 23.7 Å². The minimum atomic E-state index is -3.88. The van der Waals surface area contributed by atoms with Crippen LogP contribution in [-0.4, -0.2) is 68.5 Å². The first-order valence-electron chi connectivity index (χ1n) is 15.8. The first-order valence-corrected chi connectivity index (χ1v) is 17.3. The quantitative estimate of drug-likeness (QED) is 0.194. The number of rotatable bonds is 10. The molecule has 0 saturated carbocycles. The second-order valence-electron chi connectivity index (χ2n) is 12.0. The van der Waals surface area contributed by atoms with Crippen LogP contribution in [0, 0.1) is 6.92 Å². The van der Waals surface area contributed by atoms with Crippen molar-refractivity contribution in [2.75, 3.05) is 45.4 Å². The van der Waals surface area contributed by atoms with Gasteiger partial charge in [0.15, 0.2) is 15.6 Å². The number of anilines is 1. The molecule has 0 spiro atoms. The van der Waals surface area contributed by atoms with Gasteiger partial charge in [-0.2, -0.15) is 0 Å². The van der Waals surface area contributed by atoms with Crippen molar-refractivity contribution in [3.05, 3.63) is 95.8 Å². The molecule has 12 heteroatoms. The average Bonchev–Trinajstić information content (AvgIpc) is 3.69. The molecule has 48 heavy (non-hydrogen) atoms. The van der Waals surface area contributed by atoms with E-state index < -0.39 is 15.2 Å². The van der Waals surface area contributed by atoms with E-state index in [0.717, 1.165) is 46.7 Å². The van der Waals surface area contributed by atoms with Crippen LogP contribution in [0.3, 0.4) is 0 Å². The number of hydrogen-bond acceptors (Lipinski definition) is 9. The number of nitrogens with one attached hydrogen (secondary N) is 2. The number of sulfone groups is 1. The molecule has 1 atom stereocenters. The lowest BCUT2D eigenvalue weighted by atomic mass is 10.1. The fourth-order valence-corrected chi connectivity index (χ4v) is 7.91. The van der Waals surface area contributed by atoms with Gasteiger partial charge in [-0.05, 0) is 54.4 Å². The summed E-state index contributed by atoms with van der Waals surface area (Å²) in [5, 5.41) is 3.04. The van der Waals surface area contributed by atoms with E-state index in [-0.39, 0.29) is 4.90 Å². The maximum Gasteiger partial charge on any atom is 0.257 e. The molecule has 11 nitrogen and oxygen atoms in total. The first kappa shape index (κ1) is 31.7. The monoisotopic (exact) mass is 666 g/mol. The van der Waals surface area contributed by atoms with E-state index in [1.165, 1.54) is 0 Å². The van der Waals surface area contributed by atoms with Crippen molar-refractivity contribution in [1.29, 1.82) is 0 Å². The van der Waals surface area contributed by atoms with Crippen LogP contribution < -0.4 is 19.7 Å². The van der Waals surface area contributed by atoms with E-state index in [4.69, 9.17) is 19.2 Å². The number of morpholine rings is 1. The highest BCUT2D eigenvalue weighted by atomic mass is 32.2. The predicted octanol–water partition coefficient (Wildman–Crippen LogP) is 5.54. The molecule has 0 radical (unpaired) electrons. The predicted molar refractivity (Wildman–Crippen MR) is 186 cm³/mol. The van der Waals surface area contributed by atoms with Crippen LogP contribution in [0.2, 0.25) is 0 Å². The largest absolute Gasteiger partial charge is 0.491 e. The average molecular weight is 667 g/mol. The Morgan fingerprint density at radius 3 is 2.46 bits per heavy atom. The van der Waals surface area contributed by atoms with Crippen molar-refractivity contribution in [1.82, 2.24) is 24.8 Å². The number of aromatic nitrogens is 4. The van der Waals surface area contributed by atoms with E-state index in [1.54, 1.807) is 38.6 Å². The summed E-state index contributed by atoms with van der Waals surface area (Å²) in [5.74, 6) is 0.906. The van der Waals surface area contributed by atoms with Crippen molar-refractivity contribution in [2.24, 2.45) is 7.05 Å². The summed E-state index contributed by atoms with van der Waals surface area (Å²) < 4.78 is 47.2. The highest BCUT2D eigenvalue weighted by Gasteiger charge is 2.31. The van der Waals surface area contributed by atoms with Crippen LogP contribution in [0.25, 0.3) is 33.3 Å². The van der Waals surface area contributed by atoms with Crippen LogP contribution in [0.4, 0.5) is 5.69 Å². The highest BCUT2D eigenvalue weighted by molar-refractivity contribution is 7.91. The molecule has 2 N–H and O–H groups in total. The zero-order valence-corrected chi connectivity index (χ0v) is 28.2. The summed E-state index contributed by atoms with van der Waals surface area (Å²) in [6.45, 7) is 5.40. The molecule has 0 bridgehead atoms. The standard InChI is InChI=1S/C36H38N6O5S/c1-23-5-11-26(12-6-23)48(43,44)36(38-21-24-7-9-25(10-8-24)42-15-17-47-18-16-42)27-13-14-37-34-28(27)19-30(39-34)29-22-41(2)31-20-32(45-3)35(46-4)40-33(29)31/h5-14,19-20,22,36,38H,15-18,21H2,1-4H3,(H,37,39). The Hall–Kier alpha value is -4.91. The lowest BCUT2D eigenvalue weighted by molar-refractivity contribution is 0.122. The van der Waals surface area contributed by atoms with Crippen molar-refractivity contribution in [3.8, 4) is 22.9 Å². The molecule has 1 aliphatic heterocycles. The molecule has 4 aromatic heterocycles. The molecule has 1 unspecified atom stereocenters. The van der Waals surface area contributed by atoms with Crippen LogP contribution in [0.5, 0.6) is 11.6 Å². The summed E-state index contributed by atoms with van der Waals surface area (Å²) in [4.78, 5) is 15.3. The van der Waals surface area contributed by atoms with Crippen LogP contribution in [0.15, 0.2) is 84.0 Å². The lowest BCUT2D eigenvalue weighted by Gasteiger charge is -2.29. The van der Waals surface area contributed by atoms with Gasteiger partial charge in [0.1, 0.15) is 16.5 Å². The molecule has 0 aliphatic carbocycles. The number of fused-ring (bicyclic) bond motifs is 2. The number of nitrogens with zero attached hydrogens (tertiary/aromatic N) is 4. The van der Waals surface area contributed by atoms with Gasteiger partial charge in [-0.1, -0.05) is 29.8 Å². The van der Waals surface area contributed by atoms with E-state index in [1.807, 2.05) is 61.1 Å². The molecule has 7 rings (SSSR count). The second-order valence-corrected chi connectivity index (χ2v) is 14.0. The molecular formula is C36H38N6O5S.